The molecule has 0 spiro atoms. The molecule has 2 aromatic rings. The van der Waals surface area contributed by atoms with Crippen molar-refractivity contribution in [2.24, 2.45) is 5.92 Å². The zero-order valence-corrected chi connectivity index (χ0v) is 12.3. The van der Waals surface area contributed by atoms with Gasteiger partial charge in [-0.3, -0.25) is 0 Å². The molecule has 0 aliphatic rings. The van der Waals surface area contributed by atoms with Crippen molar-refractivity contribution in [3.8, 4) is 0 Å². The van der Waals surface area contributed by atoms with Crippen molar-refractivity contribution in [1.29, 1.82) is 0 Å². The van der Waals surface area contributed by atoms with Crippen LogP contribution >= 0.6 is 11.6 Å². The Morgan fingerprint density at radius 2 is 2.16 bits per heavy atom. The molecule has 0 bridgehead atoms. The van der Waals surface area contributed by atoms with E-state index in [-0.39, 0.29) is 5.82 Å². The summed E-state index contributed by atoms with van der Waals surface area (Å²) < 4.78 is 15.5. The third-order valence-corrected chi connectivity index (χ3v) is 3.46. The van der Waals surface area contributed by atoms with Gasteiger partial charge in [0.1, 0.15) is 11.6 Å². The predicted molar refractivity (Wildman–Crippen MR) is 78.2 cm³/mol. The molecular weight excluding hydrogens is 263 g/mol. The van der Waals surface area contributed by atoms with Gasteiger partial charge in [0.15, 0.2) is 0 Å². The van der Waals surface area contributed by atoms with E-state index < -0.39 is 0 Å². The third kappa shape index (κ3) is 3.47. The van der Waals surface area contributed by atoms with Crippen LogP contribution in [0.15, 0.2) is 18.2 Å². The Morgan fingerprint density at radius 3 is 2.84 bits per heavy atom. The third-order valence-electron chi connectivity index (χ3n) is 3.27. The molecule has 0 unspecified atom stereocenters. The number of fused-ring (bicyclic) bond motifs is 1. The van der Waals surface area contributed by atoms with Gasteiger partial charge in [0, 0.05) is 18.8 Å². The quantitative estimate of drug-likeness (QED) is 0.719. The predicted octanol–water partition coefficient (Wildman–Crippen LogP) is 4.39. The molecule has 1 aromatic carbocycles. The van der Waals surface area contributed by atoms with Gasteiger partial charge in [0.05, 0.1) is 11.0 Å². The number of nitrogens with zero attached hydrogens (tertiary/aromatic N) is 2. The zero-order chi connectivity index (χ0) is 13.8. The van der Waals surface area contributed by atoms with Crippen LogP contribution in [0.25, 0.3) is 11.0 Å². The van der Waals surface area contributed by atoms with Crippen molar-refractivity contribution < 1.29 is 4.39 Å². The second kappa shape index (κ2) is 6.38. The first-order valence-electron chi connectivity index (χ1n) is 6.82. The van der Waals surface area contributed by atoms with Crippen LogP contribution in [0.3, 0.4) is 0 Å². The van der Waals surface area contributed by atoms with Crippen molar-refractivity contribution >= 4 is 22.6 Å². The lowest BCUT2D eigenvalue weighted by Gasteiger charge is -2.10. The summed E-state index contributed by atoms with van der Waals surface area (Å²) >= 11 is 5.82. The second-order valence-electron chi connectivity index (χ2n) is 5.29. The Bertz CT molecular complexity index is 548. The number of aromatic nitrogens is 2. The molecular formula is C15H20ClFN2. The molecule has 19 heavy (non-hydrogen) atoms. The van der Waals surface area contributed by atoms with E-state index in [9.17, 15) is 4.39 Å². The Kier molecular flexibility index (Phi) is 4.81. The molecule has 1 heterocycles. The van der Waals surface area contributed by atoms with E-state index in [0.717, 1.165) is 42.7 Å². The van der Waals surface area contributed by atoms with Gasteiger partial charge >= 0.3 is 0 Å². The van der Waals surface area contributed by atoms with Crippen LogP contribution in [0.1, 0.15) is 32.5 Å². The minimum Gasteiger partial charge on any atom is -0.328 e. The average molecular weight is 283 g/mol. The summed E-state index contributed by atoms with van der Waals surface area (Å²) in [5.41, 5.74) is 1.73. The Hall–Kier alpha value is -1.09. The topological polar surface area (TPSA) is 17.8 Å². The molecule has 2 nitrogen and oxygen atoms in total. The van der Waals surface area contributed by atoms with E-state index in [1.807, 2.05) is 0 Å². The van der Waals surface area contributed by atoms with Gasteiger partial charge < -0.3 is 4.57 Å². The van der Waals surface area contributed by atoms with Crippen LogP contribution in [0.4, 0.5) is 4.39 Å². The first-order chi connectivity index (χ1) is 9.11. The Morgan fingerprint density at radius 1 is 1.37 bits per heavy atom. The maximum absolute atomic E-state index is 13.4. The molecule has 4 heteroatoms. The first kappa shape index (κ1) is 14.3. The molecule has 104 valence electrons. The highest BCUT2D eigenvalue weighted by Crippen LogP contribution is 2.20. The molecule has 0 aliphatic heterocycles. The van der Waals surface area contributed by atoms with Crippen LogP contribution in [-0.4, -0.2) is 15.4 Å². The number of imidazole rings is 1. The first-order valence-corrected chi connectivity index (χ1v) is 7.36. The Balaban J connectivity index is 2.30. The molecule has 0 aliphatic carbocycles. The van der Waals surface area contributed by atoms with Crippen LogP contribution in [0.2, 0.25) is 0 Å². The molecule has 0 N–H and O–H groups in total. The number of hydrogen-bond acceptors (Lipinski definition) is 1. The molecule has 0 saturated heterocycles. The van der Waals surface area contributed by atoms with Gasteiger partial charge in [-0.15, -0.1) is 11.6 Å². The van der Waals surface area contributed by atoms with Gasteiger partial charge in [0.2, 0.25) is 0 Å². The van der Waals surface area contributed by atoms with Crippen molar-refractivity contribution in [1.82, 2.24) is 9.55 Å². The zero-order valence-electron chi connectivity index (χ0n) is 11.5. The van der Waals surface area contributed by atoms with Crippen molar-refractivity contribution in [2.45, 2.75) is 39.7 Å². The molecule has 1 aromatic heterocycles. The van der Waals surface area contributed by atoms with Crippen LogP contribution in [-0.2, 0) is 13.0 Å². The van der Waals surface area contributed by atoms with Crippen molar-refractivity contribution in [3.63, 3.8) is 0 Å². The largest absolute Gasteiger partial charge is 0.328 e. The summed E-state index contributed by atoms with van der Waals surface area (Å²) in [5, 5.41) is 0. The fourth-order valence-corrected chi connectivity index (χ4v) is 2.50. The van der Waals surface area contributed by atoms with Gasteiger partial charge in [-0.1, -0.05) is 13.8 Å². The molecule has 2 rings (SSSR count). The lowest BCUT2D eigenvalue weighted by atomic mass is 10.1. The average Bonchev–Trinajstić information content (AvgIpc) is 2.67. The number of aryl methyl sites for hydroxylation is 2. The van der Waals surface area contributed by atoms with Crippen LogP contribution < -0.4 is 0 Å². The van der Waals surface area contributed by atoms with Gasteiger partial charge in [-0.25, -0.2) is 9.37 Å². The summed E-state index contributed by atoms with van der Waals surface area (Å²) in [4.78, 5) is 4.55. The monoisotopic (exact) mass is 282 g/mol. The minimum absolute atomic E-state index is 0.213. The minimum atomic E-state index is -0.213. The summed E-state index contributed by atoms with van der Waals surface area (Å²) in [6, 6.07) is 4.76. The molecule has 0 fully saturated rings. The highest BCUT2D eigenvalue weighted by molar-refractivity contribution is 6.17. The van der Waals surface area contributed by atoms with Gasteiger partial charge in [-0.2, -0.15) is 0 Å². The fraction of sp³-hybridized carbons (Fsp3) is 0.533. The normalized spacial score (nSPS) is 11.6. The van der Waals surface area contributed by atoms with E-state index in [4.69, 9.17) is 11.6 Å². The molecule has 0 radical (unpaired) electrons. The lowest BCUT2D eigenvalue weighted by molar-refractivity contribution is 0.509. The summed E-state index contributed by atoms with van der Waals surface area (Å²) in [7, 11) is 0. The summed E-state index contributed by atoms with van der Waals surface area (Å²) in [5.74, 6) is 1.97. The number of alkyl halides is 1. The summed E-state index contributed by atoms with van der Waals surface area (Å²) in [6.45, 7) is 5.31. The lowest BCUT2D eigenvalue weighted by Crippen LogP contribution is -2.06. The Labute approximate surface area is 118 Å². The highest BCUT2D eigenvalue weighted by atomic mass is 35.5. The van der Waals surface area contributed by atoms with Crippen molar-refractivity contribution in [3.05, 3.63) is 29.8 Å². The smallest absolute Gasteiger partial charge is 0.125 e. The van der Waals surface area contributed by atoms with Crippen LogP contribution in [0.5, 0.6) is 0 Å². The van der Waals surface area contributed by atoms with E-state index in [2.05, 4.69) is 23.4 Å². The number of benzene rings is 1. The van der Waals surface area contributed by atoms with E-state index >= 15 is 0 Å². The van der Waals surface area contributed by atoms with E-state index in [1.54, 1.807) is 12.1 Å². The van der Waals surface area contributed by atoms with E-state index in [0.29, 0.717) is 11.8 Å². The SMILES string of the molecule is CC(C)CCCn1c(CCCl)nc2ccc(F)cc21. The van der Waals surface area contributed by atoms with Gasteiger partial charge in [0.25, 0.3) is 0 Å². The molecule has 0 saturated carbocycles. The number of rotatable bonds is 6. The highest BCUT2D eigenvalue weighted by Gasteiger charge is 2.11. The maximum atomic E-state index is 13.4. The molecule has 0 atom stereocenters. The molecule has 0 amide bonds. The van der Waals surface area contributed by atoms with Crippen LogP contribution in [0, 0.1) is 11.7 Å². The second-order valence-corrected chi connectivity index (χ2v) is 5.67. The van der Waals surface area contributed by atoms with Gasteiger partial charge in [-0.05, 0) is 37.0 Å². The maximum Gasteiger partial charge on any atom is 0.125 e. The fourth-order valence-electron chi connectivity index (χ4n) is 2.33. The van der Waals surface area contributed by atoms with E-state index in [1.165, 1.54) is 6.07 Å². The standard InChI is InChI=1S/C15H20ClFN2/c1-11(2)4-3-9-19-14-10-12(17)5-6-13(14)18-15(19)7-8-16/h5-6,10-11H,3-4,7-9H2,1-2H3. The number of halogens is 2. The summed E-state index contributed by atoms with van der Waals surface area (Å²) in [6.07, 6.45) is 2.96. The number of hydrogen-bond donors (Lipinski definition) is 0. The van der Waals surface area contributed by atoms with Crippen molar-refractivity contribution in [2.75, 3.05) is 5.88 Å².